The summed E-state index contributed by atoms with van der Waals surface area (Å²) in [4.78, 5) is 26.6. The number of thioether (sulfide) groups is 1. The molecule has 2 rings (SSSR count). The van der Waals surface area contributed by atoms with Crippen LogP contribution in [0.2, 0.25) is 0 Å². The number of carbonyl (C=O) groups is 2. The molecule has 22 heavy (non-hydrogen) atoms. The summed E-state index contributed by atoms with van der Waals surface area (Å²) in [6, 6.07) is 7.88. The minimum atomic E-state index is -0.426. The van der Waals surface area contributed by atoms with Crippen LogP contribution >= 0.6 is 11.8 Å². The van der Waals surface area contributed by atoms with Crippen LogP contribution in [0.1, 0.15) is 44.6 Å². The SMILES string of the molecule is CC(C)c1ccc(SCC(=O)N2CCCCC2C(N)=O)cc1. The number of carbonyl (C=O) groups excluding carboxylic acids is 2. The van der Waals surface area contributed by atoms with Gasteiger partial charge in [0.25, 0.3) is 0 Å². The Bertz CT molecular complexity index is 528. The number of benzene rings is 1. The molecule has 1 aromatic rings. The summed E-state index contributed by atoms with van der Waals surface area (Å²) in [7, 11) is 0. The summed E-state index contributed by atoms with van der Waals surface area (Å²) in [5.74, 6) is 0.469. The van der Waals surface area contributed by atoms with Gasteiger partial charge in [0.1, 0.15) is 6.04 Å². The van der Waals surface area contributed by atoms with Crippen molar-refractivity contribution in [3.8, 4) is 0 Å². The van der Waals surface area contributed by atoms with Gasteiger partial charge in [0.15, 0.2) is 0 Å². The number of nitrogens with two attached hydrogens (primary N) is 1. The van der Waals surface area contributed by atoms with E-state index in [1.807, 2.05) is 0 Å². The standard InChI is InChI=1S/C17H24N2O2S/c1-12(2)13-6-8-14(9-7-13)22-11-16(20)19-10-4-3-5-15(19)17(18)21/h6-9,12,15H,3-5,10-11H2,1-2H3,(H2,18,21). The molecule has 1 heterocycles. The van der Waals surface area contributed by atoms with E-state index in [1.165, 1.54) is 17.3 Å². The average molecular weight is 320 g/mol. The van der Waals surface area contributed by atoms with Crippen molar-refractivity contribution in [2.24, 2.45) is 5.73 Å². The van der Waals surface area contributed by atoms with Gasteiger partial charge in [0.2, 0.25) is 11.8 Å². The highest BCUT2D eigenvalue weighted by Gasteiger charge is 2.30. The molecule has 0 bridgehead atoms. The Morgan fingerprint density at radius 1 is 1.27 bits per heavy atom. The van der Waals surface area contributed by atoms with Gasteiger partial charge in [-0.25, -0.2) is 0 Å². The highest BCUT2D eigenvalue weighted by Crippen LogP contribution is 2.24. The molecular formula is C17H24N2O2S. The maximum atomic E-state index is 12.4. The van der Waals surface area contributed by atoms with E-state index in [-0.39, 0.29) is 11.8 Å². The van der Waals surface area contributed by atoms with Crippen molar-refractivity contribution in [2.45, 2.75) is 50.0 Å². The average Bonchev–Trinajstić information content (AvgIpc) is 2.53. The molecule has 5 heteroatoms. The van der Waals surface area contributed by atoms with Gasteiger partial charge in [0.05, 0.1) is 5.75 Å². The Kier molecular flexibility index (Phi) is 5.89. The number of amides is 2. The number of piperidine rings is 1. The summed E-state index contributed by atoms with van der Waals surface area (Å²) in [5, 5.41) is 0. The van der Waals surface area contributed by atoms with Gasteiger partial charge in [-0.2, -0.15) is 0 Å². The Morgan fingerprint density at radius 3 is 2.55 bits per heavy atom. The number of hydrogen-bond donors (Lipinski definition) is 1. The molecule has 1 aromatic carbocycles. The van der Waals surface area contributed by atoms with E-state index in [0.29, 0.717) is 24.6 Å². The molecule has 1 unspecified atom stereocenters. The van der Waals surface area contributed by atoms with Gasteiger partial charge in [0, 0.05) is 11.4 Å². The van der Waals surface area contributed by atoms with Crippen LogP contribution in [0.5, 0.6) is 0 Å². The minimum absolute atomic E-state index is 0.00133. The van der Waals surface area contributed by atoms with E-state index >= 15 is 0 Å². The van der Waals surface area contributed by atoms with Gasteiger partial charge < -0.3 is 10.6 Å². The lowest BCUT2D eigenvalue weighted by molar-refractivity contribution is -0.138. The maximum Gasteiger partial charge on any atom is 0.240 e. The molecule has 120 valence electrons. The zero-order valence-corrected chi connectivity index (χ0v) is 14.1. The van der Waals surface area contributed by atoms with E-state index in [4.69, 9.17) is 5.73 Å². The third-order valence-electron chi connectivity index (χ3n) is 4.06. The van der Waals surface area contributed by atoms with Gasteiger partial charge in [-0.15, -0.1) is 11.8 Å². The van der Waals surface area contributed by atoms with Crippen LogP contribution in [-0.2, 0) is 9.59 Å². The molecule has 2 N–H and O–H groups in total. The first-order valence-electron chi connectivity index (χ1n) is 7.80. The molecule has 1 saturated heterocycles. The predicted molar refractivity (Wildman–Crippen MR) is 89.8 cm³/mol. The third-order valence-corrected chi connectivity index (χ3v) is 5.06. The lowest BCUT2D eigenvalue weighted by Crippen LogP contribution is -2.51. The number of nitrogens with zero attached hydrogens (tertiary/aromatic N) is 1. The Labute approximate surface area is 136 Å². The van der Waals surface area contributed by atoms with Crippen LogP contribution in [0.15, 0.2) is 29.2 Å². The Hall–Kier alpha value is -1.49. The van der Waals surface area contributed by atoms with Crippen LogP contribution < -0.4 is 5.73 Å². The van der Waals surface area contributed by atoms with Crippen molar-refractivity contribution in [1.29, 1.82) is 0 Å². The van der Waals surface area contributed by atoms with Gasteiger partial charge in [-0.1, -0.05) is 26.0 Å². The summed E-state index contributed by atoms with van der Waals surface area (Å²) in [6.07, 6.45) is 2.60. The molecule has 0 aliphatic carbocycles. The molecule has 1 aliphatic heterocycles. The molecule has 4 nitrogen and oxygen atoms in total. The lowest BCUT2D eigenvalue weighted by atomic mass is 10.0. The highest BCUT2D eigenvalue weighted by atomic mass is 32.2. The van der Waals surface area contributed by atoms with Crippen molar-refractivity contribution in [3.63, 3.8) is 0 Å². The van der Waals surface area contributed by atoms with Crippen molar-refractivity contribution in [1.82, 2.24) is 4.90 Å². The summed E-state index contributed by atoms with van der Waals surface area (Å²) < 4.78 is 0. The summed E-state index contributed by atoms with van der Waals surface area (Å²) in [5.41, 5.74) is 6.70. The monoisotopic (exact) mass is 320 g/mol. The molecular weight excluding hydrogens is 296 g/mol. The number of primary amides is 1. The molecule has 1 aliphatic rings. The number of hydrogen-bond acceptors (Lipinski definition) is 3. The summed E-state index contributed by atoms with van der Waals surface area (Å²) >= 11 is 1.51. The third kappa shape index (κ3) is 4.26. The van der Waals surface area contributed by atoms with E-state index in [9.17, 15) is 9.59 Å². The molecule has 0 saturated carbocycles. The van der Waals surface area contributed by atoms with Crippen LogP contribution in [-0.4, -0.2) is 35.1 Å². The Balaban J connectivity index is 1.92. The second kappa shape index (κ2) is 7.68. The quantitative estimate of drug-likeness (QED) is 0.849. The molecule has 2 amide bonds. The maximum absolute atomic E-state index is 12.4. The van der Waals surface area contributed by atoms with Crippen LogP contribution in [0.3, 0.4) is 0 Å². The van der Waals surface area contributed by atoms with Crippen molar-refractivity contribution in [2.75, 3.05) is 12.3 Å². The number of rotatable bonds is 5. The van der Waals surface area contributed by atoms with Crippen molar-refractivity contribution < 1.29 is 9.59 Å². The zero-order chi connectivity index (χ0) is 16.1. The summed E-state index contributed by atoms with van der Waals surface area (Å²) in [6.45, 7) is 4.96. The predicted octanol–water partition coefficient (Wildman–Crippen LogP) is 2.77. The first kappa shape index (κ1) is 16.9. The molecule has 1 fully saturated rings. The molecule has 0 aromatic heterocycles. The van der Waals surface area contributed by atoms with Gasteiger partial charge in [-0.3, -0.25) is 9.59 Å². The lowest BCUT2D eigenvalue weighted by Gasteiger charge is -2.33. The number of likely N-dealkylation sites (tertiary alicyclic amines) is 1. The first-order chi connectivity index (χ1) is 10.5. The smallest absolute Gasteiger partial charge is 0.240 e. The van der Waals surface area contributed by atoms with E-state index in [2.05, 4.69) is 38.1 Å². The topological polar surface area (TPSA) is 63.4 Å². The molecule has 0 radical (unpaired) electrons. The van der Waals surface area contributed by atoms with E-state index in [0.717, 1.165) is 17.7 Å². The zero-order valence-electron chi connectivity index (χ0n) is 13.2. The van der Waals surface area contributed by atoms with Crippen molar-refractivity contribution in [3.05, 3.63) is 29.8 Å². The van der Waals surface area contributed by atoms with Gasteiger partial charge >= 0.3 is 0 Å². The fraction of sp³-hybridized carbons (Fsp3) is 0.529. The van der Waals surface area contributed by atoms with E-state index < -0.39 is 6.04 Å². The highest BCUT2D eigenvalue weighted by molar-refractivity contribution is 8.00. The van der Waals surface area contributed by atoms with Gasteiger partial charge in [-0.05, 0) is 42.9 Å². The Morgan fingerprint density at radius 2 is 1.95 bits per heavy atom. The molecule has 0 spiro atoms. The van der Waals surface area contributed by atoms with Crippen molar-refractivity contribution >= 4 is 23.6 Å². The molecule has 1 atom stereocenters. The van der Waals surface area contributed by atoms with Crippen LogP contribution in [0, 0.1) is 0 Å². The first-order valence-corrected chi connectivity index (χ1v) is 8.79. The minimum Gasteiger partial charge on any atom is -0.368 e. The van der Waals surface area contributed by atoms with Crippen LogP contribution in [0.25, 0.3) is 0 Å². The van der Waals surface area contributed by atoms with Crippen LogP contribution in [0.4, 0.5) is 0 Å². The largest absolute Gasteiger partial charge is 0.368 e. The second-order valence-corrected chi connectivity index (χ2v) is 7.06. The second-order valence-electron chi connectivity index (χ2n) is 6.01. The van der Waals surface area contributed by atoms with E-state index in [1.54, 1.807) is 4.90 Å². The fourth-order valence-electron chi connectivity index (χ4n) is 2.70. The normalized spacial score (nSPS) is 18.5. The fourth-order valence-corrected chi connectivity index (χ4v) is 3.49.